The van der Waals surface area contributed by atoms with Gasteiger partial charge in [-0.25, -0.2) is 0 Å². The van der Waals surface area contributed by atoms with Gasteiger partial charge in [0.1, 0.15) is 5.75 Å². The van der Waals surface area contributed by atoms with Crippen molar-refractivity contribution in [3.8, 4) is 5.75 Å². The van der Waals surface area contributed by atoms with Crippen molar-refractivity contribution in [1.29, 1.82) is 0 Å². The second-order valence-electron chi connectivity index (χ2n) is 5.42. The first kappa shape index (κ1) is 15.5. The lowest BCUT2D eigenvalue weighted by atomic mass is 10.1. The van der Waals surface area contributed by atoms with E-state index in [1.807, 2.05) is 19.0 Å². The van der Waals surface area contributed by atoms with Gasteiger partial charge in [-0.05, 0) is 61.3 Å². The lowest BCUT2D eigenvalue weighted by Crippen LogP contribution is -2.41. The number of amides is 1. The normalized spacial score (nSPS) is 22.6. The summed E-state index contributed by atoms with van der Waals surface area (Å²) in [4.78, 5) is 16.3. The van der Waals surface area contributed by atoms with E-state index in [2.05, 4.69) is 22.6 Å². The van der Waals surface area contributed by atoms with E-state index >= 15 is 0 Å². The summed E-state index contributed by atoms with van der Waals surface area (Å²) in [6.45, 7) is 1.02. The molecule has 2 atom stereocenters. The van der Waals surface area contributed by atoms with Gasteiger partial charge in [0.05, 0.1) is 11.7 Å². The Labute approximate surface area is 132 Å². The van der Waals surface area contributed by atoms with Gasteiger partial charge in [-0.15, -0.1) is 0 Å². The van der Waals surface area contributed by atoms with E-state index in [1.165, 1.54) is 6.07 Å². The minimum atomic E-state index is -0.492. The van der Waals surface area contributed by atoms with E-state index in [4.69, 9.17) is 0 Å². The summed E-state index contributed by atoms with van der Waals surface area (Å²) in [7, 11) is 3.88. The summed E-state index contributed by atoms with van der Waals surface area (Å²) in [6, 6.07) is 4.94. The van der Waals surface area contributed by atoms with Crippen LogP contribution in [0.15, 0.2) is 18.2 Å². The van der Waals surface area contributed by atoms with Crippen LogP contribution in [0.1, 0.15) is 16.8 Å². The molecule has 1 aliphatic heterocycles. The van der Waals surface area contributed by atoms with Crippen LogP contribution in [0.5, 0.6) is 5.75 Å². The van der Waals surface area contributed by atoms with Gasteiger partial charge in [-0.3, -0.25) is 4.79 Å². The molecule has 0 saturated carbocycles. The first-order valence-electron chi connectivity index (χ1n) is 6.50. The molecular weight excluding hydrogens is 371 g/mol. The number of aliphatic hydroxyl groups excluding tert-OH is 1. The number of benzene rings is 1. The van der Waals surface area contributed by atoms with Gasteiger partial charge in [0, 0.05) is 22.7 Å². The average Bonchev–Trinajstić information content (AvgIpc) is 2.71. The lowest BCUT2D eigenvalue weighted by Gasteiger charge is -2.27. The van der Waals surface area contributed by atoms with Crippen LogP contribution in [-0.4, -0.2) is 65.3 Å². The van der Waals surface area contributed by atoms with Gasteiger partial charge in [0.25, 0.3) is 5.91 Å². The van der Waals surface area contributed by atoms with Gasteiger partial charge in [0.2, 0.25) is 0 Å². The molecule has 5 nitrogen and oxygen atoms in total. The SMILES string of the molecule is CN(C)CC1CC(O)CN1C(=O)c1cc(I)ccc1O. The van der Waals surface area contributed by atoms with Crippen molar-refractivity contribution in [1.82, 2.24) is 9.80 Å². The summed E-state index contributed by atoms with van der Waals surface area (Å²) in [5.74, 6) is -0.232. The first-order chi connectivity index (χ1) is 9.38. The van der Waals surface area contributed by atoms with Gasteiger partial charge in [0.15, 0.2) is 0 Å². The fourth-order valence-electron chi connectivity index (χ4n) is 2.57. The number of hydrogen-bond donors (Lipinski definition) is 2. The molecule has 20 heavy (non-hydrogen) atoms. The summed E-state index contributed by atoms with van der Waals surface area (Å²) in [5.41, 5.74) is 0.301. The zero-order valence-electron chi connectivity index (χ0n) is 11.6. The molecule has 0 spiro atoms. The van der Waals surface area contributed by atoms with Crippen molar-refractivity contribution in [3.63, 3.8) is 0 Å². The summed E-state index contributed by atoms with van der Waals surface area (Å²) in [6.07, 6.45) is 0.0862. The molecule has 2 rings (SSSR count). The third-order valence-corrected chi connectivity index (χ3v) is 4.09. The Morgan fingerprint density at radius 2 is 2.20 bits per heavy atom. The molecule has 1 heterocycles. The van der Waals surface area contributed by atoms with Gasteiger partial charge >= 0.3 is 0 Å². The predicted molar refractivity (Wildman–Crippen MR) is 84.8 cm³/mol. The number of aliphatic hydroxyl groups is 1. The number of likely N-dealkylation sites (N-methyl/N-ethyl adjacent to an activating group) is 1. The Morgan fingerprint density at radius 1 is 1.50 bits per heavy atom. The second-order valence-corrected chi connectivity index (χ2v) is 6.67. The largest absolute Gasteiger partial charge is 0.507 e. The van der Waals surface area contributed by atoms with Crippen molar-refractivity contribution in [2.75, 3.05) is 27.2 Å². The van der Waals surface area contributed by atoms with E-state index < -0.39 is 6.10 Å². The molecular formula is C14H19IN2O3. The Morgan fingerprint density at radius 3 is 2.85 bits per heavy atom. The summed E-state index contributed by atoms with van der Waals surface area (Å²) >= 11 is 2.11. The maximum atomic E-state index is 12.6. The number of likely N-dealkylation sites (tertiary alicyclic amines) is 1. The Hall–Kier alpha value is -0.860. The highest BCUT2D eigenvalue weighted by Gasteiger charge is 2.35. The van der Waals surface area contributed by atoms with Crippen LogP contribution in [0, 0.1) is 3.57 Å². The second kappa shape index (κ2) is 6.28. The van der Waals surface area contributed by atoms with Crippen LogP contribution in [0.4, 0.5) is 0 Å². The molecule has 2 N–H and O–H groups in total. The fourth-order valence-corrected chi connectivity index (χ4v) is 3.06. The molecule has 110 valence electrons. The molecule has 0 aliphatic carbocycles. The highest BCUT2D eigenvalue weighted by Crippen LogP contribution is 2.26. The van der Waals surface area contributed by atoms with Crippen LogP contribution in [0.2, 0.25) is 0 Å². The molecule has 0 aromatic heterocycles. The van der Waals surface area contributed by atoms with Crippen LogP contribution in [0.3, 0.4) is 0 Å². The monoisotopic (exact) mass is 390 g/mol. The molecule has 1 amide bonds. The van der Waals surface area contributed by atoms with E-state index in [0.717, 1.165) is 3.57 Å². The molecule has 1 saturated heterocycles. The number of halogens is 1. The standard InChI is InChI=1S/C14H19IN2O3/c1-16(2)7-10-6-11(18)8-17(10)14(20)12-5-9(15)3-4-13(12)19/h3-5,10-11,18-19H,6-8H2,1-2H3. The van der Waals surface area contributed by atoms with E-state index in [0.29, 0.717) is 25.1 Å². The van der Waals surface area contributed by atoms with Gasteiger partial charge in [-0.1, -0.05) is 0 Å². The number of nitrogens with zero attached hydrogens (tertiary/aromatic N) is 2. The Balaban J connectivity index is 2.24. The fraction of sp³-hybridized carbons (Fsp3) is 0.500. The number of hydrogen-bond acceptors (Lipinski definition) is 4. The zero-order valence-corrected chi connectivity index (χ0v) is 13.7. The summed E-state index contributed by atoms with van der Waals surface area (Å²) in [5, 5.41) is 19.7. The minimum Gasteiger partial charge on any atom is -0.507 e. The molecule has 1 fully saturated rings. The van der Waals surface area contributed by atoms with Crippen molar-refractivity contribution in [2.24, 2.45) is 0 Å². The molecule has 1 aromatic carbocycles. The minimum absolute atomic E-state index is 0.0135. The van der Waals surface area contributed by atoms with Crippen LogP contribution >= 0.6 is 22.6 Å². The molecule has 0 bridgehead atoms. The topological polar surface area (TPSA) is 64.0 Å². The molecule has 6 heteroatoms. The highest BCUT2D eigenvalue weighted by molar-refractivity contribution is 14.1. The number of phenolic OH excluding ortho intramolecular Hbond substituents is 1. The van der Waals surface area contributed by atoms with E-state index in [1.54, 1.807) is 17.0 Å². The van der Waals surface area contributed by atoms with Crippen LogP contribution in [0.25, 0.3) is 0 Å². The van der Waals surface area contributed by atoms with Crippen LogP contribution < -0.4 is 0 Å². The maximum absolute atomic E-state index is 12.6. The van der Waals surface area contributed by atoms with E-state index in [9.17, 15) is 15.0 Å². The maximum Gasteiger partial charge on any atom is 0.258 e. The Kier molecular flexibility index (Phi) is 4.87. The zero-order chi connectivity index (χ0) is 14.9. The number of β-amino-alcohol motifs (C(OH)–C–C–N with tert-alkyl or cyclic N) is 1. The molecule has 1 aromatic rings. The van der Waals surface area contributed by atoms with E-state index in [-0.39, 0.29) is 17.7 Å². The number of phenols is 1. The van der Waals surface area contributed by atoms with Crippen LogP contribution in [-0.2, 0) is 0 Å². The third kappa shape index (κ3) is 3.42. The number of aromatic hydroxyl groups is 1. The third-order valence-electron chi connectivity index (χ3n) is 3.42. The van der Waals surface area contributed by atoms with Crippen molar-refractivity contribution >= 4 is 28.5 Å². The molecule has 0 radical (unpaired) electrons. The first-order valence-corrected chi connectivity index (χ1v) is 7.58. The van der Waals surface area contributed by atoms with Crippen molar-refractivity contribution < 1.29 is 15.0 Å². The average molecular weight is 390 g/mol. The molecule has 2 unspecified atom stereocenters. The molecule has 1 aliphatic rings. The number of carbonyl (C=O) groups excluding carboxylic acids is 1. The lowest BCUT2D eigenvalue weighted by molar-refractivity contribution is 0.0696. The smallest absolute Gasteiger partial charge is 0.258 e. The Bertz CT molecular complexity index is 507. The van der Waals surface area contributed by atoms with Gasteiger partial charge < -0.3 is 20.0 Å². The van der Waals surface area contributed by atoms with Gasteiger partial charge in [-0.2, -0.15) is 0 Å². The van der Waals surface area contributed by atoms with Crippen molar-refractivity contribution in [3.05, 3.63) is 27.3 Å². The quantitative estimate of drug-likeness (QED) is 0.760. The highest BCUT2D eigenvalue weighted by atomic mass is 127. The van der Waals surface area contributed by atoms with Crippen molar-refractivity contribution in [2.45, 2.75) is 18.6 Å². The summed E-state index contributed by atoms with van der Waals surface area (Å²) < 4.78 is 0.896. The number of rotatable bonds is 3. The number of carbonyl (C=O) groups is 1. The predicted octanol–water partition coefficient (Wildman–Crippen LogP) is 1.13.